The molecule has 1 heterocycles. The summed E-state index contributed by atoms with van der Waals surface area (Å²) in [6.07, 6.45) is 0. The number of halogens is 1. The van der Waals surface area contributed by atoms with Gasteiger partial charge in [0.2, 0.25) is 5.89 Å². The van der Waals surface area contributed by atoms with Crippen LogP contribution in [0.15, 0.2) is 57.4 Å². The van der Waals surface area contributed by atoms with Crippen molar-refractivity contribution in [3.05, 3.63) is 70.0 Å². The van der Waals surface area contributed by atoms with E-state index < -0.39 is 5.97 Å². The van der Waals surface area contributed by atoms with E-state index in [2.05, 4.69) is 46.9 Å². The van der Waals surface area contributed by atoms with E-state index in [0.717, 1.165) is 15.6 Å². The van der Waals surface area contributed by atoms with Gasteiger partial charge in [0.05, 0.1) is 11.1 Å². The van der Waals surface area contributed by atoms with Crippen LogP contribution in [-0.2, 0) is 16.8 Å². The standard InChI is InChI=1S/C20H19BrN2O3/c1-20(2,3)14-10-8-13(9-11-14)19(24)25-12-17-22-23-18(26-17)15-6-4-5-7-16(15)21/h4-11H,12H2,1-3H3. The molecule has 0 unspecified atom stereocenters. The number of nitrogens with zero attached hydrogens (tertiary/aromatic N) is 2. The Morgan fingerprint density at radius 3 is 2.42 bits per heavy atom. The summed E-state index contributed by atoms with van der Waals surface area (Å²) >= 11 is 3.44. The van der Waals surface area contributed by atoms with E-state index in [4.69, 9.17) is 9.15 Å². The first-order valence-electron chi connectivity index (χ1n) is 8.19. The van der Waals surface area contributed by atoms with Gasteiger partial charge in [-0.15, -0.1) is 10.2 Å². The van der Waals surface area contributed by atoms with Gasteiger partial charge in [-0.2, -0.15) is 0 Å². The molecule has 0 amide bonds. The van der Waals surface area contributed by atoms with E-state index in [1.54, 1.807) is 12.1 Å². The molecule has 0 aliphatic heterocycles. The number of benzene rings is 2. The van der Waals surface area contributed by atoms with Crippen molar-refractivity contribution in [1.82, 2.24) is 10.2 Å². The molecule has 0 saturated heterocycles. The number of esters is 1. The Morgan fingerprint density at radius 2 is 1.77 bits per heavy atom. The van der Waals surface area contributed by atoms with E-state index in [1.807, 2.05) is 36.4 Å². The molecule has 0 N–H and O–H groups in total. The van der Waals surface area contributed by atoms with Gasteiger partial charge in [0.1, 0.15) is 0 Å². The molecule has 0 bridgehead atoms. The van der Waals surface area contributed by atoms with Crippen LogP contribution in [0.25, 0.3) is 11.5 Å². The third-order valence-corrected chi connectivity index (χ3v) is 4.58. The lowest BCUT2D eigenvalue weighted by atomic mass is 9.87. The zero-order valence-corrected chi connectivity index (χ0v) is 16.4. The molecule has 6 heteroatoms. The average Bonchev–Trinajstić information content (AvgIpc) is 3.08. The maximum absolute atomic E-state index is 12.2. The molecule has 26 heavy (non-hydrogen) atoms. The highest BCUT2D eigenvalue weighted by molar-refractivity contribution is 9.10. The van der Waals surface area contributed by atoms with Gasteiger partial charge in [-0.3, -0.25) is 0 Å². The number of rotatable bonds is 4. The summed E-state index contributed by atoms with van der Waals surface area (Å²) in [5, 5.41) is 7.93. The number of aromatic nitrogens is 2. The van der Waals surface area contributed by atoms with E-state index >= 15 is 0 Å². The molecule has 0 aliphatic rings. The summed E-state index contributed by atoms with van der Waals surface area (Å²) in [5.41, 5.74) is 2.47. The van der Waals surface area contributed by atoms with Crippen LogP contribution >= 0.6 is 15.9 Å². The maximum Gasteiger partial charge on any atom is 0.338 e. The topological polar surface area (TPSA) is 65.2 Å². The van der Waals surface area contributed by atoms with Crippen molar-refractivity contribution in [2.45, 2.75) is 32.8 Å². The zero-order valence-electron chi connectivity index (χ0n) is 14.8. The van der Waals surface area contributed by atoms with Crippen molar-refractivity contribution in [3.8, 4) is 11.5 Å². The third kappa shape index (κ3) is 4.19. The van der Waals surface area contributed by atoms with Gasteiger partial charge in [-0.25, -0.2) is 4.79 Å². The fourth-order valence-corrected chi connectivity index (χ4v) is 2.83. The molecular formula is C20H19BrN2O3. The number of ether oxygens (including phenoxy) is 1. The third-order valence-electron chi connectivity index (χ3n) is 3.88. The first-order valence-corrected chi connectivity index (χ1v) is 8.99. The van der Waals surface area contributed by atoms with Crippen molar-refractivity contribution in [2.24, 2.45) is 0 Å². The van der Waals surface area contributed by atoms with Crippen molar-refractivity contribution in [3.63, 3.8) is 0 Å². The van der Waals surface area contributed by atoms with E-state index in [1.165, 1.54) is 0 Å². The molecule has 0 radical (unpaired) electrons. The van der Waals surface area contributed by atoms with Crippen molar-refractivity contribution < 1.29 is 13.9 Å². The molecule has 134 valence electrons. The van der Waals surface area contributed by atoms with Crippen LogP contribution in [0.5, 0.6) is 0 Å². The van der Waals surface area contributed by atoms with Gasteiger partial charge >= 0.3 is 5.97 Å². The summed E-state index contributed by atoms with van der Waals surface area (Å²) in [7, 11) is 0. The van der Waals surface area contributed by atoms with Gasteiger partial charge in [0, 0.05) is 4.47 Å². The first kappa shape index (κ1) is 18.3. The molecule has 1 aromatic heterocycles. The zero-order chi connectivity index (χ0) is 18.7. The lowest BCUT2D eigenvalue weighted by Crippen LogP contribution is -2.12. The summed E-state index contributed by atoms with van der Waals surface area (Å²) in [6, 6.07) is 14.9. The Labute approximate surface area is 160 Å². The summed E-state index contributed by atoms with van der Waals surface area (Å²) in [6.45, 7) is 6.30. The fourth-order valence-electron chi connectivity index (χ4n) is 2.37. The lowest BCUT2D eigenvalue weighted by molar-refractivity contribution is 0.0438. The summed E-state index contributed by atoms with van der Waals surface area (Å²) < 4.78 is 11.7. The van der Waals surface area contributed by atoms with Gasteiger partial charge in [0.25, 0.3) is 5.89 Å². The van der Waals surface area contributed by atoms with Crippen LogP contribution in [0.4, 0.5) is 0 Å². The van der Waals surface area contributed by atoms with Crippen molar-refractivity contribution in [2.75, 3.05) is 0 Å². The normalized spacial score (nSPS) is 11.4. The van der Waals surface area contributed by atoms with E-state index in [9.17, 15) is 4.79 Å². The maximum atomic E-state index is 12.2. The van der Waals surface area contributed by atoms with Crippen molar-refractivity contribution in [1.29, 1.82) is 0 Å². The van der Waals surface area contributed by atoms with Gasteiger partial charge < -0.3 is 9.15 Å². The van der Waals surface area contributed by atoms with Gasteiger partial charge in [-0.1, -0.05) is 45.0 Å². The number of carbonyl (C=O) groups is 1. The summed E-state index contributed by atoms with van der Waals surface area (Å²) in [5.74, 6) is 0.194. The Kier molecular flexibility index (Phi) is 5.23. The Balaban J connectivity index is 1.64. The number of carbonyl (C=O) groups excluding carboxylic acids is 1. The minimum atomic E-state index is -0.425. The predicted molar refractivity (Wildman–Crippen MR) is 102 cm³/mol. The molecule has 0 saturated carbocycles. The van der Waals surface area contributed by atoms with Crippen LogP contribution in [0.2, 0.25) is 0 Å². The second-order valence-corrected chi connectivity index (χ2v) is 7.74. The molecule has 0 spiro atoms. The SMILES string of the molecule is CC(C)(C)c1ccc(C(=O)OCc2nnc(-c3ccccc3Br)o2)cc1. The predicted octanol–water partition coefficient (Wildman–Crippen LogP) is 5.15. The second kappa shape index (κ2) is 7.41. The Bertz CT molecular complexity index is 911. The molecule has 0 fully saturated rings. The van der Waals surface area contributed by atoms with Crippen LogP contribution in [0, 0.1) is 0 Å². The largest absolute Gasteiger partial charge is 0.452 e. The minimum Gasteiger partial charge on any atom is -0.452 e. The Hall–Kier alpha value is -2.47. The van der Waals surface area contributed by atoms with E-state index in [0.29, 0.717) is 11.5 Å². The highest BCUT2D eigenvalue weighted by atomic mass is 79.9. The highest BCUT2D eigenvalue weighted by Gasteiger charge is 2.16. The number of hydrogen-bond acceptors (Lipinski definition) is 5. The smallest absolute Gasteiger partial charge is 0.338 e. The molecule has 0 atom stereocenters. The van der Waals surface area contributed by atoms with Crippen LogP contribution in [0.1, 0.15) is 42.6 Å². The molecule has 0 aliphatic carbocycles. The van der Waals surface area contributed by atoms with Crippen LogP contribution in [-0.4, -0.2) is 16.2 Å². The van der Waals surface area contributed by atoms with Crippen LogP contribution in [0.3, 0.4) is 0 Å². The second-order valence-electron chi connectivity index (χ2n) is 6.88. The highest BCUT2D eigenvalue weighted by Crippen LogP contribution is 2.27. The molecule has 3 aromatic rings. The van der Waals surface area contributed by atoms with E-state index in [-0.39, 0.29) is 17.9 Å². The Morgan fingerprint density at radius 1 is 1.08 bits per heavy atom. The fraction of sp³-hybridized carbons (Fsp3) is 0.250. The number of hydrogen-bond donors (Lipinski definition) is 0. The molecule has 2 aromatic carbocycles. The van der Waals surface area contributed by atoms with Crippen molar-refractivity contribution >= 4 is 21.9 Å². The molecule has 3 rings (SSSR count). The van der Waals surface area contributed by atoms with Gasteiger partial charge in [-0.05, 0) is 51.2 Å². The average molecular weight is 415 g/mol. The lowest BCUT2D eigenvalue weighted by Gasteiger charge is -2.18. The quantitative estimate of drug-likeness (QED) is 0.551. The first-order chi connectivity index (χ1) is 12.3. The molecule has 5 nitrogen and oxygen atoms in total. The summed E-state index contributed by atoms with van der Waals surface area (Å²) in [4.78, 5) is 12.2. The van der Waals surface area contributed by atoms with Crippen LogP contribution < -0.4 is 0 Å². The van der Waals surface area contributed by atoms with Gasteiger partial charge in [0.15, 0.2) is 6.61 Å². The minimum absolute atomic E-state index is 0.0360. The monoisotopic (exact) mass is 414 g/mol. The molecular weight excluding hydrogens is 396 g/mol.